The Hall–Kier alpha value is -0.480. The quantitative estimate of drug-likeness (QED) is 0.725. The van der Waals surface area contributed by atoms with Crippen molar-refractivity contribution in [2.45, 2.75) is 32.4 Å². The van der Waals surface area contributed by atoms with Crippen LogP contribution in [0.2, 0.25) is 0 Å². The molecule has 14 heavy (non-hydrogen) atoms. The normalized spacial score (nSPS) is 20.9. The Balaban J connectivity index is 0.00000169. The number of rotatable bonds is 2. The van der Waals surface area contributed by atoms with E-state index in [9.17, 15) is 4.79 Å². The monoisotopic (exact) mass is 221 g/mol. The maximum absolute atomic E-state index is 11.5. The molecule has 1 fully saturated rings. The summed E-state index contributed by atoms with van der Waals surface area (Å²) in [4.78, 5) is 13.4. The van der Waals surface area contributed by atoms with Crippen molar-refractivity contribution in [2.24, 2.45) is 0 Å². The van der Waals surface area contributed by atoms with Gasteiger partial charge in [-0.3, -0.25) is 0 Å². The van der Waals surface area contributed by atoms with Gasteiger partial charge < -0.3 is 15.5 Å². The summed E-state index contributed by atoms with van der Waals surface area (Å²) in [5.74, 6) is 0. The molecule has 2 N–H and O–H groups in total. The van der Waals surface area contributed by atoms with Gasteiger partial charge in [-0.15, -0.1) is 12.4 Å². The van der Waals surface area contributed by atoms with E-state index in [0.717, 1.165) is 19.5 Å². The maximum atomic E-state index is 11.5. The van der Waals surface area contributed by atoms with Crippen LogP contribution in [0.15, 0.2) is 0 Å². The highest BCUT2D eigenvalue weighted by Crippen LogP contribution is 2.08. The van der Waals surface area contributed by atoms with Crippen molar-refractivity contribution in [2.75, 3.05) is 20.1 Å². The molecule has 0 spiro atoms. The minimum atomic E-state index is 0. The number of likely N-dealkylation sites (tertiary alicyclic amines) is 1. The third kappa shape index (κ3) is 3.72. The Kier molecular flexibility index (Phi) is 5.88. The summed E-state index contributed by atoms with van der Waals surface area (Å²) in [6.45, 7) is 5.65. The molecule has 0 aromatic carbocycles. The van der Waals surface area contributed by atoms with Gasteiger partial charge in [-0.1, -0.05) is 0 Å². The van der Waals surface area contributed by atoms with Crippen molar-refractivity contribution in [3.05, 3.63) is 0 Å². The Bertz CT molecular complexity index is 187. The van der Waals surface area contributed by atoms with E-state index in [1.807, 2.05) is 25.8 Å². The van der Waals surface area contributed by atoms with Crippen molar-refractivity contribution in [3.8, 4) is 0 Å². The number of urea groups is 1. The fraction of sp³-hybridized carbons (Fsp3) is 0.889. The van der Waals surface area contributed by atoms with Crippen LogP contribution in [0, 0.1) is 0 Å². The second kappa shape index (κ2) is 6.09. The third-order valence-electron chi connectivity index (χ3n) is 2.30. The molecular weight excluding hydrogens is 202 g/mol. The van der Waals surface area contributed by atoms with Crippen molar-refractivity contribution in [1.29, 1.82) is 0 Å². The third-order valence-corrected chi connectivity index (χ3v) is 2.30. The SMILES string of the molecule is CNC1CCN(C(=O)NC(C)C)C1.Cl. The predicted molar refractivity (Wildman–Crippen MR) is 60.0 cm³/mol. The van der Waals surface area contributed by atoms with E-state index in [2.05, 4.69) is 10.6 Å². The fourth-order valence-corrected chi connectivity index (χ4v) is 1.52. The molecule has 1 aliphatic rings. The van der Waals surface area contributed by atoms with Gasteiger partial charge in [0.15, 0.2) is 0 Å². The molecule has 1 unspecified atom stereocenters. The van der Waals surface area contributed by atoms with Gasteiger partial charge in [0.05, 0.1) is 0 Å². The molecule has 84 valence electrons. The van der Waals surface area contributed by atoms with E-state index in [-0.39, 0.29) is 24.5 Å². The lowest BCUT2D eigenvalue weighted by Crippen LogP contribution is -2.42. The molecule has 1 rings (SSSR count). The molecule has 0 bridgehead atoms. The largest absolute Gasteiger partial charge is 0.336 e. The average molecular weight is 222 g/mol. The van der Waals surface area contributed by atoms with Crippen molar-refractivity contribution < 1.29 is 4.79 Å². The summed E-state index contributed by atoms with van der Waals surface area (Å²) < 4.78 is 0. The fourth-order valence-electron chi connectivity index (χ4n) is 1.52. The van der Waals surface area contributed by atoms with Gasteiger partial charge >= 0.3 is 6.03 Å². The molecule has 0 radical (unpaired) electrons. The lowest BCUT2D eigenvalue weighted by Gasteiger charge is -2.18. The second-order valence-corrected chi connectivity index (χ2v) is 3.82. The van der Waals surface area contributed by atoms with E-state index < -0.39 is 0 Å². The highest BCUT2D eigenvalue weighted by atomic mass is 35.5. The number of hydrogen-bond acceptors (Lipinski definition) is 2. The Morgan fingerprint density at radius 2 is 2.14 bits per heavy atom. The summed E-state index contributed by atoms with van der Waals surface area (Å²) in [5.41, 5.74) is 0. The van der Waals surface area contributed by atoms with Crippen LogP contribution in [-0.2, 0) is 0 Å². The van der Waals surface area contributed by atoms with Gasteiger partial charge in [0.1, 0.15) is 0 Å². The first-order chi connectivity index (χ1) is 6.13. The van der Waals surface area contributed by atoms with Crippen LogP contribution in [0.25, 0.3) is 0 Å². The van der Waals surface area contributed by atoms with Crippen LogP contribution in [0.1, 0.15) is 20.3 Å². The van der Waals surface area contributed by atoms with Crippen LogP contribution >= 0.6 is 12.4 Å². The van der Waals surface area contributed by atoms with E-state index in [0.29, 0.717) is 6.04 Å². The summed E-state index contributed by atoms with van der Waals surface area (Å²) in [6, 6.07) is 0.756. The van der Waals surface area contributed by atoms with Gasteiger partial charge in [0, 0.05) is 25.2 Å². The first-order valence-electron chi connectivity index (χ1n) is 4.86. The molecule has 0 aromatic heterocycles. The Morgan fingerprint density at radius 3 is 2.57 bits per heavy atom. The van der Waals surface area contributed by atoms with E-state index in [1.165, 1.54) is 0 Å². The minimum Gasteiger partial charge on any atom is -0.336 e. The average Bonchev–Trinajstić information content (AvgIpc) is 2.50. The second-order valence-electron chi connectivity index (χ2n) is 3.82. The first kappa shape index (κ1) is 13.5. The number of nitrogens with zero attached hydrogens (tertiary/aromatic N) is 1. The molecule has 2 amide bonds. The van der Waals surface area contributed by atoms with Crippen LogP contribution < -0.4 is 10.6 Å². The molecule has 4 nitrogen and oxygen atoms in total. The number of carbonyl (C=O) groups excluding carboxylic acids is 1. The topological polar surface area (TPSA) is 44.4 Å². The Labute approximate surface area is 91.8 Å². The van der Waals surface area contributed by atoms with Crippen molar-refractivity contribution >= 4 is 18.4 Å². The lowest BCUT2D eigenvalue weighted by molar-refractivity contribution is 0.205. The lowest BCUT2D eigenvalue weighted by atomic mass is 10.3. The molecule has 1 saturated heterocycles. The predicted octanol–water partition coefficient (Wildman–Crippen LogP) is 0.820. The van der Waals surface area contributed by atoms with E-state index in [4.69, 9.17) is 0 Å². The summed E-state index contributed by atoms with van der Waals surface area (Å²) in [5, 5.41) is 6.07. The van der Waals surface area contributed by atoms with Gasteiger partial charge in [-0.25, -0.2) is 4.79 Å². The smallest absolute Gasteiger partial charge is 0.317 e. The summed E-state index contributed by atoms with van der Waals surface area (Å²) >= 11 is 0. The molecule has 5 heteroatoms. The number of carbonyl (C=O) groups is 1. The number of nitrogens with one attached hydrogen (secondary N) is 2. The van der Waals surface area contributed by atoms with Gasteiger partial charge in [0.25, 0.3) is 0 Å². The first-order valence-corrected chi connectivity index (χ1v) is 4.86. The molecule has 1 atom stereocenters. The maximum Gasteiger partial charge on any atom is 0.317 e. The van der Waals surface area contributed by atoms with Crippen LogP contribution in [0.3, 0.4) is 0 Å². The number of hydrogen-bond donors (Lipinski definition) is 2. The summed E-state index contributed by atoms with van der Waals surface area (Å²) in [6.07, 6.45) is 1.06. The highest BCUT2D eigenvalue weighted by molar-refractivity contribution is 5.85. The number of halogens is 1. The zero-order valence-corrected chi connectivity index (χ0v) is 9.86. The standard InChI is InChI=1S/C9H19N3O.ClH/c1-7(2)11-9(13)12-5-4-8(6-12)10-3;/h7-8,10H,4-6H2,1-3H3,(H,11,13);1H. The number of likely N-dealkylation sites (N-methyl/N-ethyl adjacent to an activating group) is 1. The number of amides is 2. The van der Waals surface area contributed by atoms with Gasteiger partial charge in [0.2, 0.25) is 0 Å². The summed E-state index contributed by atoms with van der Waals surface area (Å²) in [7, 11) is 1.94. The van der Waals surface area contributed by atoms with Crippen molar-refractivity contribution in [3.63, 3.8) is 0 Å². The van der Waals surface area contributed by atoms with Gasteiger partial charge in [-0.05, 0) is 27.3 Å². The zero-order chi connectivity index (χ0) is 9.84. The zero-order valence-electron chi connectivity index (χ0n) is 9.04. The Morgan fingerprint density at radius 1 is 1.50 bits per heavy atom. The van der Waals surface area contributed by atoms with E-state index in [1.54, 1.807) is 0 Å². The molecule has 0 aromatic rings. The molecule has 0 saturated carbocycles. The van der Waals surface area contributed by atoms with Crippen LogP contribution in [-0.4, -0.2) is 43.2 Å². The molecular formula is C9H20ClN3O. The van der Waals surface area contributed by atoms with Crippen molar-refractivity contribution in [1.82, 2.24) is 15.5 Å². The minimum absolute atomic E-state index is 0. The van der Waals surface area contributed by atoms with Gasteiger partial charge in [-0.2, -0.15) is 0 Å². The van der Waals surface area contributed by atoms with E-state index >= 15 is 0 Å². The molecule has 1 aliphatic heterocycles. The molecule has 1 heterocycles. The van der Waals surface area contributed by atoms with Crippen LogP contribution in [0.5, 0.6) is 0 Å². The highest BCUT2D eigenvalue weighted by Gasteiger charge is 2.24. The van der Waals surface area contributed by atoms with Crippen LogP contribution in [0.4, 0.5) is 4.79 Å². The molecule has 0 aliphatic carbocycles.